The topological polar surface area (TPSA) is 73.8 Å². The van der Waals surface area contributed by atoms with E-state index in [1.54, 1.807) is 7.05 Å². The average molecular weight is 274 g/mol. The molecule has 18 heavy (non-hydrogen) atoms. The Labute approximate surface area is 109 Å². The van der Waals surface area contributed by atoms with E-state index < -0.39 is 9.84 Å². The largest absolute Gasteiger partial charge is 0.355 e. The first-order valence-corrected chi connectivity index (χ1v) is 8.31. The molecule has 0 radical (unpaired) electrons. The van der Waals surface area contributed by atoms with Crippen LogP contribution in [0.2, 0.25) is 0 Å². The van der Waals surface area contributed by atoms with Crippen molar-refractivity contribution in [3.63, 3.8) is 0 Å². The number of aliphatic imine (C=N–C) groups is 1. The minimum atomic E-state index is -2.77. The molecule has 2 N–H and O–H groups in total. The molecule has 1 aliphatic heterocycles. The fraction of sp³-hybridized carbons (Fsp3) is 0.909. The zero-order valence-electron chi connectivity index (χ0n) is 10.9. The van der Waals surface area contributed by atoms with Crippen LogP contribution in [0.1, 0.15) is 12.8 Å². The van der Waals surface area contributed by atoms with Crippen LogP contribution in [0.5, 0.6) is 0 Å². The van der Waals surface area contributed by atoms with Gasteiger partial charge in [-0.3, -0.25) is 9.89 Å². The molecule has 0 bridgehead atoms. The summed E-state index contributed by atoms with van der Waals surface area (Å²) in [5.74, 6) is 1.44. The van der Waals surface area contributed by atoms with Gasteiger partial charge in [0, 0.05) is 39.3 Å². The summed E-state index contributed by atoms with van der Waals surface area (Å²) in [4.78, 5) is 6.33. The van der Waals surface area contributed by atoms with Gasteiger partial charge in [-0.25, -0.2) is 8.42 Å². The van der Waals surface area contributed by atoms with Crippen molar-refractivity contribution in [2.24, 2.45) is 4.99 Å². The summed E-state index contributed by atoms with van der Waals surface area (Å²) in [6.07, 6.45) is 2.45. The maximum Gasteiger partial charge on any atom is 0.191 e. The number of nitrogens with one attached hydrogen (secondary N) is 2. The van der Waals surface area contributed by atoms with E-state index in [4.69, 9.17) is 0 Å². The quantitative estimate of drug-likeness (QED) is 0.510. The van der Waals surface area contributed by atoms with Crippen LogP contribution in [0.15, 0.2) is 4.99 Å². The Kier molecular flexibility index (Phi) is 4.45. The lowest BCUT2D eigenvalue weighted by atomic mass is 10.4. The molecule has 6 nitrogen and oxygen atoms in total. The van der Waals surface area contributed by atoms with Crippen molar-refractivity contribution >= 4 is 15.8 Å². The van der Waals surface area contributed by atoms with Crippen LogP contribution in [0, 0.1) is 0 Å². The van der Waals surface area contributed by atoms with E-state index in [0.717, 1.165) is 19.0 Å². The molecule has 1 aliphatic carbocycles. The van der Waals surface area contributed by atoms with Gasteiger partial charge in [-0.15, -0.1) is 0 Å². The number of guanidine groups is 1. The Morgan fingerprint density at radius 2 is 2.00 bits per heavy atom. The van der Waals surface area contributed by atoms with Gasteiger partial charge >= 0.3 is 0 Å². The first kappa shape index (κ1) is 13.6. The second-order valence-corrected chi connectivity index (χ2v) is 7.21. The van der Waals surface area contributed by atoms with Crippen LogP contribution in [0.25, 0.3) is 0 Å². The number of nitrogens with zero attached hydrogens (tertiary/aromatic N) is 2. The first-order chi connectivity index (χ1) is 8.59. The van der Waals surface area contributed by atoms with Crippen LogP contribution in [-0.4, -0.2) is 70.1 Å². The lowest BCUT2D eigenvalue weighted by Crippen LogP contribution is -2.46. The predicted molar refractivity (Wildman–Crippen MR) is 72.6 cm³/mol. The molecular formula is C11H22N4O2S. The average Bonchev–Trinajstić information content (AvgIpc) is 3.14. The molecular weight excluding hydrogens is 252 g/mol. The molecule has 0 aromatic rings. The normalized spacial score (nSPS) is 24.8. The third-order valence-electron chi connectivity index (χ3n) is 3.30. The van der Waals surface area contributed by atoms with Crippen molar-refractivity contribution in [1.82, 2.24) is 15.5 Å². The highest BCUT2D eigenvalue weighted by molar-refractivity contribution is 7.91. The first-order valence-electron chi connectivity index (χ1n) is 6.49. The van der Waals surface area contributed by atoms with Crippen LogP contribution in [-0.2, 0) is 9.84 Å². The van der Waals surface area contributed by atoms with Crippen molar-refractivity contribution in [1.29, 1.82) is 0 Å². The molecule has 7 heteroatoms. The molecule has 2 rings (SSSR count). The maximum atomic E-state index is 11.3. The fourth-order valence-electron chi connectivity index (χ4n) is 1.92. The number of rotatable bonds is 4. The van der Waals surface area contributed by atoms with E-state index in [9.17, 15) is 8.42 Å². The summed E-state index contributed by atoms with van der Waals surface area (Å²) in [5, 5.41) is 6.57. The second kappa shape index (κ2) is 5.88. The molecule has 0 atom stereocenters. The van der Waals surface area contributed by atoms with Gasteiger partial charge in [0.15, 0.2) is 15.8 Å². The third kappa shape index (κ3) is 4.45. The summed E-state index contributed by atoms with van der Waals surface area (Å²) in [5.41, 5.74) is 0. The Balaban J connectivity index is 1.62. The van der Waals surface area contributed by atoms with E-state index in [2.05, 4.69) is 20.5 Å². The van der Waals surface area contributed by atoms with Crippen LogP contribution < -0.4 is 10.6 Å². The third-order valence-corrected chi connectivity index (χ3v) is 4.91. The van der Waals surface area contributed by atoms with E-state index >= 15 is 0 Å². The highest BCUT2D eigenvalue weighted by Gasteiger charge is 2.23. The van der Waals surface area contributed by atoms with E-state index in [0.29, 0.717) is 30.6 Å². The van der Waals surface area contributed by atoms with Crippen molar-refractivity contribution < 1.29 is 8.42 Å². The van der Waals surface area contributed by atoms with Gasteiger partial charge in [-0.05, 0) is 12.8 Å². The molecule has 0 unspecified atom stereocenters. The van der Waals surface area contributed by atoms with Crippen LogP contribution in [0.4, 0.5) is 0 Å². The van der Waals surface area contributed by atoms with Crippen LogP contribution in [0.3, 0.4) is 0 Å². The predicted octanol–water partition coefficient (Wildman–Crippen LogP) is -0.956. The molecule has 0 aromatic heterocycles. The fourth-order valence-corrected chi connectivity index (χ4v) is 3.20. The molecule has 0 spiro atoms. The number of hydrogen-bond acceptors (Lipinski definition) is 4. The monoisotopic (exact) mass is 274 g/mol. The Hall–Kier alpha value is -0.820. The van der Waals surface area contributed by atoms with Crippen molar-refractivity contribution in [3.05, 3.63) is 0 Å². The molecule has 0 aromatic carbocycles. The minimum absolute atomic E-state index is 0.294. The highest BCUT2D eigenvalue weighted by Crippen LogP contribution is 2.18. The standard InChI is InChI=1S/C11H22N4O2S/c1-12-11(14-10-2-3-10)13-4-5-15-6-8-18(16,17)9-7-15/h10H,2-9H2,1H3,(H2,12,13,14). The zero-order chi connectivity index (χ0) is 13.0. The highest BCUT2D eigenvalue weighted by atomic mass is 32.2. The van der Waals surface area contributed by atoms with E-state index in [-0.39, 0.29) is 0 Å². The molecule has 1 saturated heterocycles. The van der Waals surface area contributed by atoms with E-state index in [1.807, 2.05) is 0 Å². The van der Waals surface area contributed by atoms with Gasteiger partial charge in [-0.1, -0.05) is 0 Å². The molecule has 104 valence electrons. The van der Waals surface area contributed by atoms with E-state index in [1.165, 1.54) is 12.8 Å². The second-order valence-electron chi connectivity index (χ2n) is 4.91. The van der Waals surface area contributed by atoms with Crippen molar-refractivity contribution in [2.45, 2.75) is 18.9 Å². The number of sulfone groups is 1. The van der Waals surface area contributed by atoms with Gasteiger partial charge in [0.1, 0.15) is 0 Å². The maximum absolute atomic E-state index is 11.3. The molecule has 1 heterocycles. The summed E-state index contributed by atoms with van der Waals surface area (Å²) in [7, 11) is -0.998. The molecule has 2 fully saturated rings. The Morgan fingerprint density at radius 1 is 1.33 bits per heavy atom. The summed E-state index contributed by atoms with van der Waals surface area (Å²) in [6.45, 7) is 2.96. The van der Waals surface area contributed by atoms with Gasteiger partial charge in [0.25, 0.3) is 0 Å². The number of hydrogen-bond donors (Lipinski definition) is 2. The lowest BCUT2D eigenvalue weighted by molar-refractivity contribution is 0.299. The summed E-state index contributed by atoms with van der Waals surface area (Å²) < 4.78 is 22.6. The van der Waals surface area contributed by atoms with Crippen molar-refractivity contribution in [2.75, 3.05) is 44.7 Å². The van der Waals surface area contributed by atoms with Crippen LogP contribution >= 0.6 is 0 Å². The van der Waals surface area contributed by atoms with Gasteiger partial charge in [-0.2, -0.15) is 0 Å². The Morgan fingerprint density at radius 3 is 2.56 bits per heavy atom. The summed E-state index contributed by atoms with van der Waals surface area (Å²) >= 11 is 0. The van der Waals surface area contributed by atoms with Gasteiger partial charge in [0.2, 0.25) is 0 Å². The smallest absolute Gasteiger partial charge is 0.191 e. The minimum Gasteiger partial charge on any atom is -0.355 e. The van der Waals surface area contributed by atoms with Crippen molar-refractivity contribution in [3.8, 4) is 0 Å². The summed E-state index contributed by atoms with van der Waals surface area (Å²) in [6, 6.07) is 0.594. The SMILES string of the molecule is CN=C(NCCN1CCS(=O)(=O)CC1)NC1CC1. The van der Waals surface area contributed by atoms with Gasteiger partial charge in [0.05, 0.1) is 11.5 Å². The molecule has 1 saturated carbocycles. The van der Waals surface area contributed by atoms with Gasteiger partial charge < -0.3 is 10.6 Å². The molecule has 2 aliphatic rings. The zero-order valence-corrected chi connectivity index (χ0v) is 11.7. The Bertz CT molecular complexity index is 389. The lowest BCUT2D eigenvalue weighted by Gasteiger charge is -2.26. The molecule has 0 amide bonds.